The number of benzene rings is 2. The van der Waals surface area contributed by atoms with Crippen LogP contribution in [0.2, 0.25) is 0 Å². The number of phenols is 1. The maximum absolute atomic E-state index is 14.0. The number of nitrogens with zero attached hydrogens (tertiary/aromatic N) is 1. The minimum absolute atomic E-state index is 0.142. The van der Waals surface area contributed by atoms with Gasteiger partial charge in [0.1, 0.15) is 0 Å². The first kappa shape index (κ1) is 26.2. The second-order valence-electron chi connectivity index (χ2n) is 10.6. The normalized spacial score (nSPS) is 25.7. The lowest BCUT2D eigenvalue weighted by atomic mass is 9.59. The molecule has 4 aliphatic rings. The Bertz CT molecular complexity index is 1630. The number of Topliss-reactive ketones (excluding diaryl/α,β-unsaturated/α-hetero) is 1. The maximum Gasteiger partial charge on any atom is 0.238 e. The lowest BCUT2D eigenvalue weighted by Crippen LogP contribution is -2.39. The van der Waals surface area contributed by atoms with Gasteiger partial charge < -0.3 is 9.84 Å². The molecule has 0 aromatic heterocycles. The summed E-state index contributed by atoms with van der Waals surface area (Å²) in [6, 6.07) is 10.4. The number of hydrogen-bond acceptors (Lipinski definition) is 6. The quantitative estimate of drug-likeness (QED) is 0.285. The van der Waals surface area contributed by atoms with E-state index in [0.29, 0.717) is 38.9 Å². The van der Waals surface area contributed by atoms with Crippen LogP contribution in [-0.4, -0.2) is 35.6 Å². The highest BCUT2D eigenvalue weighted by molar-refractivity contribution is 9.10. The lowest BCUT2D eigenvalue weighted by molar-refractivity contribution is -0.123. The Morgan fingerprint density at radius 1 is 1.07 bits per heavy atom. The van der Waals surface area contributed by atoms with Crippen LogP contribution in [0.25, 0.3) is 6.08 Å². The van der Waals surface area contributed by atoms with Crippen molar-refractivity contribution in [3.05, 3.63) is 93.0 Å². The van der Waals surface area contributed by atoms with Crippen LogP contribution in [0, 0.1) is 17.8 Å². The largest absolute Gasteiger partial charge is 0.504 e. The smallest absolute Gasteiger partial charge is 0.238 e. The number of anilines is 1. The van der Waals surface area contributed by atoms with Crippen LogP contribution in [0.5, 0.6) is 11.5 Å². The van der Waals surface area contributed by atoms with Gasteiger partial charge in [0.15, 0.2) is 23.1 Å². The van der Waals surface area contributed by atoms with Gasteiger partial charge in [-0.3, -0.25) is 24.1 Å². The van der Waals surface area contributed by atoms with Gasteiger partial charge >= 0.3 is 0 Å². The van der Waals surface area contributed by atoms with Gasteiger partial charge in [-0.25, -0.2) is 0 Å². The number of rotatable bonds is 4. The molecule has 7 nitrogen and oxygen atoms in total. The van der Waals surface area contributed by atoms with Crippen molar-refractivity contribution in [2.45, 2.75) is 25.7 Å². The molecule has 4 atom stereocenters. The first-order chi connectivity index (χ1) is 19.2. The molecule has 0 radical (unpaired) electrons. The molecule has 0 unspecified atom stereocenters. The van der Waals surface area contributed by atoms with Gasteiger partial charge in [-0.05, 0) is 61.6 Å². The van der Waals surface area contributed by atoms with Crippen molar-refractivity contribution in [2.24, 2.45) is 17.8 Å². The van der Waals surface area contributed by atoms with Crippen LogP contribution < -0.4 is 9.64 Å². The number of fused-ring (bicyclic) bond motifs is 3. The van der Waals surface area contributed by atoms with Gasteiger partial charge in [-0.2, -0.15) is 0 Å². The van der Waals surface area contributed by atoms with Crippen molar-refractivity contribution in [1.82, 2.24) is 0 Å². The van der Waals surface area contributed by atoms with Crippen molar-refractivity contribution in [2.75, 3.05) is 12.0 Å². The minimum Gasteiger partial charge on any atom is -0.504 e. The molecule has 0 saturated carbocycles. The summed E-state index contributed by atoms with van der Waals surface area (Å²) in [6.07, 6.45) is 5.43. The van der Waals surface area contributed by atoms with E-state index in [1.807, 2.05) is 6.08 Å². The molecule has 0 spiro atoms. The number of phenolic OH excluding ortho intramolecular Hbond substituents is 1. The fourth-order valence-corrected chi connectivity index (χ4v) is 7.16. The number of halogens is 1. The van der Waals surface area contributed by atoms with Crippen LogP contribution in [0.4, 0.5) is 5.69 Å². The fraction of sp³-hybridized carbons (Fsp3) is 0.250. The van der Waals surface area contributed by atoms with Gasteiger partial charge in [0, 0.05) is 32.7 Å². The summed E-state index contributed by atoms with van der Waals surface area (Å²) in [5.41, 5.74) is 3.48. The summed E-state index contributed by atoms with van der Waals surface area (Å²) < 4.78 is 6.01. The van der Waals surface area contributed by atoms with Gasteiger partial charge in [-0.15, -0.1) is 0 Å². The van der Waals surface area contributed by atoms with E-state index in [1.54, 1.807) is 49.4 Å². The molecule has 6 rings (SSSR count). The molecular formula is C32H26BrNO6. The third kappa shape index (κ3) is 3.77. The number of allylic oxidation sites excluding steroid dienone is 6. The second-order valence-corrected chi connectivity index (χ2v) is 11.5. The Morgan fingerprint density at radius 2 is 1.80 bits per heavy atom. The standard InChI is InChI=1S/C32H26BrNO6/c1-4-16-5-7-18(8-6-16)34-31(38)20-10-9-19-21(27(20)32(34)39)14-22-24(35)11-15(2)29(36)28(22)26(19)23-12-17(33)13-25(40-3)30(23)37/h4-9,11-13,20-21,26-27,37H,1,10,14H2,2-3H3/t20-,21+,26+,27-/m0/s1. The molecule has 40 heavy (non-hydrogen) atoms. The number of amides is 2. The SMILES string of the molecule is C=Cc1ccc(N2C(=O)[C@H]3[C@H](CC=C4[C@H](c5cc(Br)cc(OC)c5O)C5=C(C[C@H]43)C(=O)C=C(C)C5=O)C2=O)cc1. The number of ketones is 2. The molecule has 1 heterocycles. The zero-order chi connectivity index (χ0) is 28.5. The molecular weight excluding hydrogens is 574 g/mol. The topological polar surface area (TPSA) is 101 Å². The van der Waals surface area contributed by atoms with E-state index in [4.69, 9.17) is 4.74 Å². The van der Waals surface area contributed by atoms with Gasteiger partial charge in [0.2, 0.25) is 11.8 Å². The first-order valence-electron chi connectivity index (χ1n) is 13.0. The number of imide groups is 1. The highest BCUT2D eigenvalue weighted by Crippen LogP contribution is 2.57. The number of ether oxygens (including phenoxy) is 1. The Labute approximate surface area is 239 Å². The van der Waals surface area contributed by atoms with E-state index in [9.17, 15) is 24.3 Å². The predicted octanol–water partition coefficient (Wildman–Crippen LogP) is 5.44. The van der Waals surface area contributed by atoms with E-state index in [2.05, 4.69) is 22.5 Å². The average molecular weight is 600 g/mol. The molecule has 202 valence electrons. The molecule has 2 aromatic rings. The number of carbonyl (C=O) groups is 4. The summed E-state index contributed by atoms with van der Waals surface area (Å²) in [6.45, 7) is 5.36. The van der Waals surface area contributed by atoms with Gasteiger partial charge in [0.05, 0.1) is 24.6 Å². The van der Waals surface area contributed by atoms with Crippen LogP contribution in [0.1, 0.15) is 36.8 Å². The average Bonchev–Trinajstić information content (AvgIpc) is 3.21. The number of hydrogen-bond donors (Lipinski definition) is 1. The van der Waals surface area contributed by atoms with Crippen molar-refractivity contribution in [3.63, 3.8) is 0 Å². The Morgan fingerprint density at radius 3 is 2.48 bits per heavy atom. The lowest BCUT2D eigenvalue weighted by Gasteiger charge is -2.42. The van der Waals surface area contributed by atoms with E-state index in [0.717, 1.165) is 11.1 Å². The van der Waals surface area contributed by atoms with Crippen molar-refractivity contribution in [1.29, 1.82) is 0 Å². The molecule has 2 aromatic carbocycles. The summed E-state index contributed by atoms with van der Waals surface area (Å²) in [7, 11) is 1.44. The van der Waals surface area contributed by atoms with E-state index in [1.165, 1.54) is 18.1 Å². The zero-order valence-corrected chi connectivity index (χ0v) is 23.5. The van der Waals surface area contributed by atoms with Crippen molar-refractivity contribution < 1.29 is 29.0 Å². The minimum atomic E-state index is -0.773. The van der Waals surface area contributed by atoms with Crippen LogP contribution >= 0.6 is 15.9 Å². The fourth-order valence-electron chi connectivity index (χ4n) is 6.70. The molecule has 1 saturated heterocycles. The molecule has 1 fully saturated rings. The third-order valence-electron chi connectivity index (χ3n) is 8.55. The Hall–Kier alpha value is -4.04. The van der Waals surface area contributed by atoms with E-state index in [-0.39, 0.29) is 41.3 Å². The number of methoxy groups -OCH3 is 1. The van der Waals surface area contributed by atoms with E-state index >= 15 is 0 Å². The molecule has 1 N–H and O–H groups in total. The highest BCUT2D eigenvalue weighted by atomic mass is 79.9. The first-order valence-corrected chi connectivity index (χ1v) is 13.8. The monoisotopic (exact) mass is 599 g/mol. The molecule has 3 aliphatic carbocycles. The summed E-state index contributed by atoms with van der Waals surface area (Å²) in [5, 5.41) is 11.2. The van der Waals surface area contributed by atoms with E-state index < -0.39 is 23.7 Å². The summed E-state index contributed by atoms with van der Waals surface area (Å²) >= 11 is 3.47. The van der Waals surface area contributed by atoms with Crippen molar-refractivity contribution in [3.8, 4) is 11.5 Å². The van der Waals surface area contributed by atoms with Crippen LogP contribution in [0.3, 0.4) is 0 Å². The highest BCUT2D eigenvalue weighted by Gasteiger charge is 2.57. The predicted molar refractivity (Wildman–Crippen MR) is 153 cm³/mol. The van der Waals surface area contributed by atoms with Crippen molar-refractivity contribution >= 4 is 51.1 Å². The second kappa shape index (κ2) is 9.55. The number of aromatic hydroxyl groups is 1. The Balaban J connectivity index is 1.50. The van der Waals surface area contributed by atoms with Crippen LogP contribution in [0.15, 0.2) is 81.9 Å². The molecule has 0 bridgehead atoms. The summed E-state index contributed by atoms with van der Waals surface area (Å²) in [4.78, 5) is 55.7. The zero-order valence-electron chi connectivity index (χ0n) is 21.9. The molecule has 8 heteroatoms. The maximum atomic E-state index is 14.0. The van der Waals surface area contributed by atoms with Crippen LogP contribution in [-0.2, 0) is 19.2 Å². The molecule has 2 amide bonds. The van der Waals surface area contributed by atoms with Gasteiger partial charge in [-0.1, -0.05) is 52.4 Å². The third-order valence-corrected chi connectivity index (χ3v) is 9.01. The van der Waals surface area contributed by atoms with Gasteiger partial charge in [0.25, 0.3) is 0 Å². The number of carbonyl (C=O) groups excluding carboxylic acids is 4. The molecule has 1 aliphatic heterocycles. The summed E-state index contributed by atoms with van der Waals surface area (Å²) in [5.74, 6) is -3.63. The Kier molecular flexibility index (Phi) is 6.26.